The molecule has 1 unspecified atom stereocenters. The van der Waals surface area contributed by atoms with E-state index in [1.807, 2.05) is 0 Å². The molecule has 1 aliphatic rings. The topological polar surface area (TPSA) is 71.1 Å². The van der Waals surface area contributed by atoms with Crippen LogP contribution in [0.2, 0.25) is 0 Å². The lowest BCUT2D eigenvalue weighted by Gasteiger charge is -2.22. The van der Waals surface area contributed by atoms with Gasteiger partial charge in [0.2, 0.25) is 0 Å². The Hall–Kier alpha value is -0.260. The zero-order valence-corrected chi connectivity index (χ0v) is 15.4. The number of rotatable bonds is 13. The summed E-state index contributed by atoms with van der Waals surface area (Å²) in [6.45, 7) is 1.56. The number of carbonyl (C=O) groups is 1. The van der Waals surface area contributed by atoms with E-state index in [9.17, 15) is 9.36 Å². The molecule has 0 N–H and O–H groups in total. The number of hydrogen-bond acceptors (Lipinski definition) is 6. The van der Waals surface area contributed by atoms with E-state index in [0.29, 0.717) is 6.42 Å². The molecule has 0 aromatic rings. The second-order valence-corrected chi connectivity index (χ2v) is 8.13. The van der Waals surface area contributed by atoms with Gasteiger partial charge in [0.25, 0.3) is 0 Å². The molecule has 0 aromatic carbocycles. The Morgan fingerprint density at radius 2 is 1.78 bits per heavy atom. The highest BCUT2D eigenvalue weighted by Crippen LogP contribution is 2.46. The van der Waals surface area contributed by atoms with Crippen molar-refractivity contribution in [1.82, 2.24) is 0 Å². The van der Waals surface area contributed by atoms with Crippen LogP contribution in [0.5, 0.6) is 0 Å². The van der Waals surface area contributed by atoms with Crippen LogP contribution in [0.25, 0.3) is 0 Å². The van der Waals surface area contributed by atoms with Gasteiger partial charge in [-0.25, -0.2) is 0 Å². The van der Waals surface area contributed by atoms with Crippen LogP contribution in [0, 0.1) is 0 Å². The molecule has 7 heteroatoms. The molecule has 0 aliphatic carbocycles. The SMILES string of the molecule is COP(=O)(CC(=O)CCCCCCCOC1CCCCO1)OC. The zero-order chi connectivity index (χ0) is 17.0. The first-order chi connectivity index (χ1) is 11.1. The van der Waals surface area contributed by atoms with Crippen LogP contribution in [0.3, 0.4) is 0 Å². The highest BCUT2D eigenvalue weighted by molar-refractivity contribution is 7.54. The molecular weight excluding hydrogens is 319 g/mol. The van der Waals surface area contributed by atoms with Crippen molar-refractivity contribution in [2.75, 3.05) is 33.6 Å². The molecule has 0 saturated carbocycles. The van der Waals surface area contributed by atoms with Crippen molar-refractivity contribution in [2.24, 2.45) is 0 Å². The van der Waals surface area contributed by atoms with Crippen LogP contribution < -0.4 is 0 Å². The summed E-state index contributed by atoms with van der Waals surface area (Å²) in [5, 5.41) is 0. The van der Waals surface area contributed by atoms with Crippen molar-refractivity contribution in [2.45, 2.75) is 64.1 Å². The van der Waals surface area contributed by atoms with Gasteiger partial charge >= 0.3 is 7.60 Å². The lowest BCUT2D eigenvalue weighted by Crippen LogP contribution is -2.22. The normalized spacial score (nSPS) is 19.0. The summed E-state index contributed by atoms with van der Waals surface area (Å²) in [5.74, 6) is -0.0604. The highest BCUT2D eigenvalue weighted by Gasteiger charge is 2.24. The Balaban J connectivity index is 1.92. The summed E-state index contributed by atoms with van der Waals surface area (Å²) in [6.07, 6.45) is 8.65. The fourth-order valence-electron chi connectivity index (χ4n) is 2.51. The second kappa shape index (κ2) is 12.2. The minimum absolute atomic E-state index is 0.00127. The van der Waals surface area contributed by atoms with E-state index in [0.717, 1.165) is 58.2 Å². The third-order valence-electron chi connectivity index (χ3n) is 3.97. The Morgan fingerprint density at radius 1 is 1.09 bits per heavy atom. The second-order valence-electron chi connectivity index (χ2n) is 5.86. The lowest BCUT2D eigenvalue weighted by atomic mass is 10.1. The molecule has 6 nitrogen and oxygen atoms in total. The average molecular weight is 350 g/mol. The van der Waals surface area contributed by atoms with E-state index in [1.54, 1.807) is 0 Å². The fraction of sp³-hybridized carbons (Fsp3) is 0.938. The first-order valence-corrected chi connectivity index (χ1v) is 10.3. The summed E-state index contributed by atoms with van der Waals surface area (Å²) in [5.41, 5.74) is 0. The van der Waals surface area contributed by atoms with Crippen molar-refractivity contribution < 1.29 is 27.9 Å². The van der Waals surface area contributed by atoms with Crippen LogP contribution >= 0.6 is 7.60 Å². The third-order valence-corrected chi connectivity index (χ3v) is 5.82. The number of Topliss-reactive ketones (excluding diaryl/α,β-unsaturated/α-hetero) is 1. The number of unbranched alkanes of at least 4 members (excludes halogenated alkanes) is 4. The maximum atomic E-state index is 11.8. The smallest absolute Gasteiger partial charge is 0.337 e. The molecule has 0 bridgehead atoms. The van der Waals surface area contributed by atoms with Gasteiger partial charge < -0.3 is 18.5 Å². The molecule has 0 radical (unpaired) electrons. The molecule has 1 atom stereocenters. The van der Waals surface area contributed by atoms with Crippen molar-refractivity contribution in [3.63, 3.8) is 0 Å². The average Bonchev–Trinajstić information content (AvgIpc) is 2.58. The summed E-state index contributed by atoms with van der Waals surface area (Å²) in [4.78, 5) is 11.7. The minimum atomic E-state index is -3.20. The number of hydrogen-bond donors (Lipinski definition) is 0. The van der Waals surface area contributed by atoms with Gasteiger partial charge in [-0.1, -0.05) is 19.3 Å². The van der Waals surface area contributed by atoms with Gasteiger partial charge in [0.05, 0.1) is 0 Å². The Bertz CT molecular complexity index is 360. The monoisotopic (exact) mass is 350 g/mol. The lowest BCUT2D eigenvalue weighted by molar-refractivity contribution is -0.162. The largest absolute Gasteiger partial charge is 0.353 e. The maximum absolute atomic E-state index is 11.8. The summed E-state index contributed by atoms with van der Waals surface area (Å²) >= 11 is 0. The van der Waals surface area contributed by atoms with Crippen molar-refractivity contribution in [1.29, 1.82) is 0 Å². The van der Waals surface area contributed by atoms with Crippen molar-refractivity contribution in [3.05, 3.63) is 0 Å². The molecule has 1 fully saturated rings. The third kappa shape index (κ3) is 9.58. The molecule has 0 spiro atoms. The van der Waals surface area contributed by atoms with E-state index in [1.165, 1.54) is 20.6 Å². The number of carbonyl (C=O) groups excluding carboxylic acids is 1. The van der Waals surface area contributed by atoms with Gasteiger partial charge in [-0.05, 0) is 32.1 Å². The summed E-state index contributed by atoms with van der Waals surface area (Å²) in [6, 6.07) is 0. The molecule has 1 heterocycles. The van der Waals surface area contributed by atoms with Gasteiger partial charge in [-0.3, -0.25) is 9.36 Å². The van der Waals surface area contributed by atoms with Gasteiger partial charge in [0.1, 0.15) is 11.9 Å². The molecular formula is C16H31O6P. The van der Waals surface area contributed by atoms with Gasteiger partial charge in [0, 0.05) is 33.9 Å². The van der Waals surface area contributed by atoms with Crippen LogP contribution in [-0.4, -0.2) is 45.7 Å². The molecule has 23 heavy (non-hydrogen) atoms. The highest BCUT2D eigenvalue weighted by atomic mass is 31.2. The predicted octanol–water partition coefficient (Wildman–Crippen LogP) is 3.93. The van der Waals surface area contributed by atoms with Crippen molar-refractivity contribution in [3.8, 4) is 0 Å². The quantitative estimate of drug-likeness (QED) is 0.370. The van der Waals surface area contributed by atoms with Crippen molar-refractivity contribution >= 4 is 13.4 Å². The standard InChI is InChI=1S/C16H31O6P/c1-19-23(18,20-2)14-15(17)10-6-4-3-5-8-12-21-16-11-7-9-13-22-16/h16H,3-14H2,1-2H3. The Labute approximate surface area is 139 Å². The van der Waals surface area contributed by atoms with Gasteiger partial charge in [-0.15, -0.1) is 0 Å². The van der Waals surface area contributed by atoms with E-state index in [-0.39, 0.29) is 18.2 Å². The summed E-state index contributed by atoms with van der Waals surface area (Å²) in [7, 11) is -0.592. The first kappa shape index (κ1) is 20.8. The fourth-order valence-corrected chi connectivity index (χ4v) is 3.51. The van der Waals surface area contributed by atoms with Crippen LogP contribution in [0.15, 0.2) is 0 Å². The molecule has 0 aromatic heterocycles. The number of ether oxygens (including phenoxy) is 2. The molecule has 1 aliphatic heterocycles. The Kier molecular flexibility index (Phi) is 11.0. The molecule has 1 rings (SSSR count). The molecule has 136 valence electrons. The minimum Gasteiger partial charge on any atom is -0.353 e. The van der Waals surface area contributed by atoms with Gasteiger partial charge in [-0.2, -0.15) is 0 Å². The maximum Gasteiger partial charge on any atom is 0.337 e. The number of ketones is 1. The molecule has 0 amide bonds. The van der Waals surface area contributed by atoms with E-state index in [2.05, 4.69) is 0 Å². The van der Waals surface area contributed by atoms with E-state index in [4.69, 9.17) is 18.5 Å². The molecule has 1 saturated heterocycles. The van der Waals surface area contributed by atoms with Gasteiger partial charge in [0.15, 0.2) is 6.29 Å². The zero-order valence-electron chi connectivity index (χ0n) is 14.5. The predicted molar refractivity (Wildman–Crippen MR) is 88.7 cm³/mol. The van der Waals surface area contributed by atoms with Crippen LogP contribution in [-0.2, 0) is 27.9 Å². The van der Waals surface area contributed by atoms with Crippen LogP contribution in [0.4, 0.5) is 0 Å². The Morgan fingerprint density at radius 3 is 2.43 bits per heavy atom. The van der Waals surface area contributed by atoms with Crippen LogP contribution in [0.1, 0.15) is 57.8 Å². The summed E-state index contributed by atoms with van der Waals surface area (Å²) < 4.78 is 32.5. The van der Waals surface area contributed by atoms with E-state index < -0.39 is 7.60 Å². The first-order valence-electron chi connectivity index (χ1n) is 8.55. The van der Waals surface area contributed by atoms with E-state index >= 15 is 0 Å².